The Morgan fingerprint density at radius 1 is 0.216 bits per heavy atom. The molecule has 2 aliphatic carbocycles. The van der Waals surface area contributed by atoms with Crippen molar-refractivity contribution in [2.45, 2.75) is 12.8 Å². The van der Waals surface area contributed by atoms with Gasteiger partial charge in [-0.3, -0.25) is 0 Å². The zero-order valence-electron chi connectivity index (χ0n) is 48.3. The van der Waals surface area contributed by atoms with E-state index < -0.39 is 0 Å². The maximum atomic E-state index is 2.48. The van der Waals surface area contributed by atoms with E-state index in [1.54, 1.807) is 0 Å². The lowest BCUT2D eigenvalue weighted by Crippen LogP contribution is -2.03. The molecule has 0 bridgehead atoms. The Bertz CT molecular complexity index is 5750. The van der Waals surface area contributed by atoms with E-state index in [4.69, 9.17) is 0 Å². The molecule has 0 saturated carbocycles. The van der Waals surface area contributed by atoms with Crippen molar-refractivity contribution in [1.82, 2.24) is 0 Å². The standard InChI is InChI=1S/C46H28.C42H26/c1-2-12-38-37(11-1)45(35-23-31-19-15-27-7-5-8-28-16-20-32(24-35)43(31)41(27)28)39-13-3-4-14-40(39)46(38)36-25-33-21-17-29-9-6-10-30-18-22-34(26-36)44(33)42(29)30;1-3-15-29-27(13-1)25-39(33-19-7-5-17-31(29)33)41-35-21-9-11-23-37(35)42(38-24-12-10-22-36(38)41)40-26-28-14-2-4-16-30(28)32-18-6-8-20-34(32)40/h1-9,11-21,23-26H,10,22H2;1-26H. The Morgan fingerprint density at radius 3 is 1.05 bits per heavy atom. The van der Waals surface area contributed by atoms with E-state index in [1.807, 2.05) is 0 Å². The van der Waals surface area contributed by atoms with E-state index >= 15 is 0 Å². The van der Waals surface area contributed by atoms with Crippen LogP contribution < -0.4 is 0 Å². The highest BCUT2D eigenvalue weighted by molar-refractivity contribution is 6.30. The molecule has 0 atom stereocenters. The van der Waals surface area contributed by atoms with Crippen LogP contribution in [0.5, 0.6) is 0 Å². The molecule has 0 spiro atoms. The van der Waals surface area contributed by atoms with Crippen LogP contribution in [0.3, 0.4) is 0 Å². The summed E-state index contributed by atoms with van der Waals surface area (Å²) in [6.07, 6.45) is 9.09. The van der Waals surface area contributed by atoms with Crippen LogP contribution in [0, 0.1) is 0 Å². The molecule has 20 rings (SSSR count). The summed E-state index contributed by atoms with van der Waals surface area (Å²) < 4.78 is 0. The second-order valence-electron chi connectivity index (χ2n) is 24.4. The first-order valence-corrected chi connectivity index (χ1v) is 31.0. The molecular weight excluding hydrogens is 1060 g/mol. The van der Waals surface area contributed by atoms with Gasteiger partial charge in [-0.25, -0.2) is 0 Å². The SMILES string of the molecule is C1=Cc2ccc3cc(-c4c5ccccc5c(-c5cc6ccc7cccc8ccc(c5)c6c78)c5ccccc45)cc4c3c2C(=CC4)C1.c1ccc2c(c1)cc(-c1c3ccccc3c(-c3cc4ccccc4c4ccccc34)c3ccccc13)c1ccccc12. The number of rotatable bonds is 4. The lowest BCUT2D eigenvalue weighted by Gasteiger charge is -2.25. The zero-order chi connectivity index (χ0) is 57.6. The second-order valence-corrected chi connectivity index (χ2v) is 24.4. The van der Waals surface area contributed by atoms with Crippen LogP contribution in [0.1, 0.15) is 23.1 Å². The third kappa shape index (κ3) is 7.27. The van der Waals surface area contributed by atoms with Crippen molar-refractivity contribution in [3.63, 3.8) is 0 Å². The van der Waals surface area contributed by atoms with Crippen molar-refractivity contribution >= 4 is 141 Å². The van der Waals surface area contributed by atoms with Crippen LogP contribution in [0.2, 0.25) is 0 Å². The number of hydrogen-bond acceptors (Lipinski definition) is 0. The van der Waals surface area contributed by atoms with E-state index in [9.17, 15) is 0 Å². The van der Waals surface area contributed by atoms with Gasteiger partial charge in [-0.2, -0.15) is 0 Å². The Balaban J connectivity index is 0.000000128. The molecule has 0 heteroatoms. The minimum atomic E-state index is 0.988. The maximum Gasteiger partial charge on any atom is -0.00199 e. The van der Waals surface area contributed by atoms with Crippen LogP contribution in [0.15, 0.2) is 297 Å². The first-order valence-electron chi connectivity index (χ1n) is 31.0. The third-order valence-corrected chi connectivity index (χ3v) is 19.7. The van der Waals surface area contributed by atoms with Gasteiger partial charge in [0.05, 0.1) is 0 Å². The van der Waals surface area contributed by atoms with Gasteiger partial charge < -0.3 is 0 Å². The smallest absolute Gasteiger partial charge is 0.00199 e. The molecule has 88 heavy (non-hydrogen) atoms. The van der Waals surface area contributed by atoms with Crippen molar-refractivity contribution in [3.05, 3.63) is 314 Å². The van der Waals surface area contributed by atoms with E-state index in [0.29, 0.717) is 0 Å². The van der Waals surface area contributed by atoms with Gasteiger partial charge >= 0.3 is 0 Å². The highest BCUT2D eigenvalue weighted by Gasteiger charge is 2.25. The summed E-state index contributed by atoms with van der Waals surface area (Å²) in [7, 11) is 0. The summed E-state index contributed by atoms with van der Waals surface area (Å²) >= 11 is 0. The first kappa shape index (κ1) is 49.1. The van der Waals surface area contributed by atoms with Gasteiger partial charge in [-0.15, -0.1) is 0 Å². The largest absolute Gasteiger partial charge is 0.0795 e. The van der Waals surface area contributed by atoms with E-state index in [1.165, 1.54) is 196 Å². The van der Waals surface area contributed by atoms with Crippen molar-refractivity contribution in [3.8, 4) is 44.5 Å². The normalized spacial score (nSPS) is 12.9. The summed E-state index contributed by atoms with van der Waals surface area (Å²) in [5.41, 5.74) is 16.1. The molecule has 406 valence electrons. The van der Waals surface area contributed by atoms with Crippen molar-refractivity contribution < 1.29 is 0 Å². The molecule has 0 aliphatic heterocycles. The summed E-state index contributed by atoms with van der Waals surface area (Å²) in [4.78, 5) is 0. The summed E-state index contributed by atoms with van der Waals surface area (Å²) in [6.45, 7) is 0. The molecule has 0 N–H and O–H groups in total. The van der Waals surface area contributed by atoms with Gasteiger partial charge in [0.2, 0.25) is 0 Å². The monoisotopic (exact) mass is 1110 g/mol. The Labute approximate surface area is 509 Å². The van der Waals surface area contributed by atoms with Gasteiger partial charge in [-0.05, 0) is 239 Å². The Hall–Kier alpha value is -11.2. The molecule has 0 unspecified atom stereocenters. The van der Waals surface area contributed by atoms with Gasteiger partial charge in [-0.1, -0.05) is 273 Å². The fraction of sp³-hybridized carbons (Fsp3) is 0.0227. The van der Waals surface area contributed by atoms with Crippen LogP contribution >= 0.6 is 0 Å². The minimum Gasteiger partial charge on any atom is -0.0795 e. The first-order chi connectivity index (χ1) is 43.7. The van der Waals surface area contributed by atoms with Crippen LogP contribution in [0.25, 0.3) is 185 Å². The number of fused-ring (bicyclic) bond motifs is 10. The van der Waals surface area contributed by atoms with Crippen molar-refractivity contribution in [2.75, 3.05) is 0 Å². The molecule has 18 aromatic rings. The molecule has 0 heterocycles. The van der Waals surface area contributed by atoms with Crippen molar-refractivity contribution in [2.24, 2.45) is 0 Å². The van der Waals surface area contributed by atoms with Gasteiger partial charge in [0, 0.05) is 0 Å². The molecule has 18 aromatic carbocycles. The fourth-order valence-corrected chi connectivity index (χ4v) is 16.1. The molecule has 0 saturated heterocycles. The summed E-state index contributed by atoms with van der Waals surface area (Å²) in [5, 5.41) is 31.4. The molecule has 0 radical (unpaired) electrons. The Kier molecular flexibility index (Phi) is 10.7. The fourth-order valence-electron chi connectivity index (χ4n) is 16.1. The molecule has 0 aromatic heterocycles. The average Bonchev–Trinajstić information content (AvgIpc) is 1.34. The number of benzene rings is 18. The van der Waals surface area contributed by atoms with Crippen LogP contribution in [-0.2, 0) is 6.42 Å². The predicted octanol–water partition coefficient (Wildman–Crippen LogP) is 24.7. The summed E-state index contributed by atoms with van der Waals surface area (Å²) in [6, 6.07) is 106. The van der Waals surface area contributed by atoms with Crippen molar-refractivity contribution in [1.29, 1.82) is 0 Å². The topological polar surface area (TPSA) is 0 Å². The average molecular weight is 1110 g/mol. The Morgan fingerprint density at radius 2 is 0.568 bits per heavy atom. The second kappa shape index (κ2) is 19.2. The number of allylic oxidation sites excluding steroid dienone is 3. The van der Waals surface area contributed by atoms with E-state index in [0.717, 1.165) is 12.8 Å². The molecule has 2 aliphatic rings. The van der Waals surface area contributed by atoms with E-state index in [2.05, 4.69) is 303 Å². The quantitative estimate of drug-likeness (QED) is 0.122. The van der Waals surface area contributed by atoms with Crippen LogP contribution in [-0.4, -0.2) is 0 Å². The highest BCUT2D eigenvalue weighted by Crippen LogP contribution is 2.51. The molecule has 0 nitrogen and oxygen atoms in total. The molecular formula is C88H54. The van der Waals surface area contributed by atoms with E-state index in [-0.39, 0.29) is 0 Å². The lowest BCUT2D eigenvalue weighted by molar-refractivity contribution is 1.23. The predicted molar refractivity (Wildman–Crippen MR) is 381 cm³/mol. The van der Waals surface area contributed by atoms with Gasteiger partial charge in [0.1, 0.15) is 0 Å². The lowest BCUT2D eigenvalue weighted by atomic mass is 9.79. The van der Waals surface area contributed by atoms with Gasteiger partial charge in [0.25, 0.3) is 0 Å². The third-order valence-electron chi connectivity index (χ3n) is 19.7. The summed E-state index contributed by atoms with van der Waals surface area (Å²) in [5.74, 6) is 0. The highest BCUT2D eigenvalue weighted by atomic mass is 14.3. The maximum absolute atomic E-state index is 2.48. The van der Waals surface area contributed by atoms with Crippen LogP contribution in [0.4, 0.5) is 0 Å². The number of hydrogen-bond donors (Lipinski definition) is 0. The van der Waals surface area contributed by atoms with Gasteiger partial charge in [0.15, 0.2) is 0 Å². The molecule has 0 amide bonds. The molecule has 0 fully saturated rings. The minimum absolute atomic E-state index is 0.988. The zero-order valence-corrected chi connectivity index (χ0v) is 48.3.